The molecule has 0 saturated carbocycles. The molecule has 3 heteroatoms. The Balaban J connectivity index is 2.28. The van der Waals surface area contributed by atoms with E-state index in [2.05, 4.69) is 0 Å². The first kappa shape index (κ1) is 6.39. The van der Waals surface area contributed by atoms with Gasteiger partial charge in [0, 0.05) is 5.75 Å². The van der Waals surface area contributed by atoms with Crippen LogP contribution in [0, 0.1) is 0 Å². The average molecular weight is 134 g/mol. The monoisotopic (exact) mass is 134 g/mol. The first-order valence-corrected chi connectivity index (χ1v) is 3.77. The van der Waals surface area contributed by atoms with E-state index in [0.29, 0.717) is 6.61 Å². The third-order valence-corrected chi connectivity index (χ3v) is 2.32. The Labute approximate surface area is 53.2 Å². The summed E-state index contributed by atoms with van der Waals surface area (Å²) >= 11 is 1.75. The molecule has 0 bridgehead atoms. The Morgan fingerprint density at radius 1 is 1.75 bits per heavy atom. The lowest BCUT2D eigenvalue weighted by atomic mass is 10.4. The maximum atomic E-state index is 8.93. The van der Waals surface area contributed by atoms with Crippen LogP contribution < -0.4 is 0 Å². The van der Waals surface area contributed by atoms with E-state index in [-0.39, 0.29) is 5.25 Å². The third kappa shape index (κ3) is 1.37. The van der Waals surface area contributed by atoms with Gasteiger partial charge in [0.25, 0.3) is 0 Å². The van der Waals surface area contributed by atoms with Gasteiger partial charge in [0.15, 0.2) is 6.29 Å². The van der Waals surface area contributed by atoms with Gasteiger partial charge >= 0.3 is 0 Å². The molecule has 1 rings (SSSR count). The molecule has 1 aliphatic heterocycles. The highest BCUT2D eigenvalue weighted by Crippen LogP contribution is 2.19. The van der Waals surface area contributed by atoms with Crippen LogP contribution in [0.3, 0.4) is 0 Å². The fraction of sp³-hybridized carbons (Fsp3) is 1.00. The van der Waals surface area contributed by atoms with Crippen molar-refractivity contribution in [3.8, 4) is 0 Å². The molecular formula is C5H10O2S. The van der Waals surface area contributed by atoms with Gasteiger partial charge in [-0.15, -0.1) is 0 Å². The SMILES string of the molecule is CC1SCCOC1O. The van der Waals surface area contributed by atoms with E-state index < -0.39 is 6.29 Å². The van der Waals surface area contributed by atoms with Crippen LogP contribution in [0.4, 0.5) is 0 Å². The molecule has 1 fully saturated rings. The summed E-state index contributed by atoms with van der Waals surface area (Å²) in [7, 11) is 0. The largest absolute Gasteiger partial charge is 0.367 e. The van der Waals surface area contributed by atoms with Gasteiger partial charge in [-0.2, -0.15) is 11.8 Å². The number of thioether (sulfide) groups is 1. The van der Waals surface area contributed by atoms with E-state index in [0.717, 1.165) is 5.75 Å². The summed E-state index contributed by atoms with van der Waals surface area (Å²) in [6, 6.07) is 0. The van der Waals surface area contributed by atoms with Crippen molar-refractivity contribution < 1.29 is 9.84 Å². The highest BCUT2D eigenvalue weighted by Gasteiger charge is 2.18. The third-order valence-electron chi connectivity index (χ3n) is 1.15. The predicted molar refractivity (Wildman–Crippen MR) is 33.9 cm³/mol. The number of aliphatic hydroxyl groups excluding tert-OH is 1. The summed E-state index contributed by atoms with van der Waals surface area (Å²) in [4.78, 5) is 0. The highest BCUT2D eigenvalue weighted by atomic mass is 32.2. The van der Waals surface area contributed by atoms with Crippen molar-refractivity contribution in [2.45, 2.75) is 18.5 Å². The summed E-state index contributed by atoms with van der Waals surface area (Å²) in [5.41, 5.74) is 0. The summed E-state index contributed by atoms with van der Waals surface area (Å²) in [5.74, 6) is 1.01. The minimum Gasteiger partial charge on any atom is -0.367 e. The number of rotatable bonds is 0. The lowest BCUT2D eigenvalue weighted by Crippen LogP contribution is -2.29. The molecule has 1 heterocycles. The Kier molecular flexibility index (Phi) is 2.16. The van der Waals surface area contributed by atoms with E-state index >= 15 is 0 Å². The summed E-state index contributed by atoms with van der Waals surface area (Å²) < 4.78 is 4.92. The fourth-order valence-corrected chi connectivity index (χ4v) is 1.43. The molecule has 2 atom stereocenters. The van der Waals surface area contributed by atoms with Gasteiger partial charge in [0.05, 0.1) is 11.9 Å². The second-order valence-electron chi connectivity index (χ2n) is 1.84. The summed E-state index contributed by atoms with van der Waals surface area (Å²) in [6.45, 7) is 2.66. The molecule has 1 aliphatic rings. The van der Waals surface area contributed by atoms with Crippen LogP contribution >= 0.6 is 11.8 Å². The van der Waals surface area contributed by atoms with Crippen molar-refractivity contribution >= 4 is 11.8 Å². The van der Waals surface area contributed by atoms with Gasteiger partial charge in [-0.05, 0) is 6.92 Å². The standard InChI is InChI=1S/C5H10O2S/c1-4-5(6)7-2-3-8-4/h4-6H,2-3H2,1H3. The topological polar surface area (TPSA) is 29.5 Å². The van der Waals surface area contributed by atoms with Gasteiger partial charge in [-0.25, -0.2) is 0 Å². The summed E-state index contributed by atoms with van der Waals surface area (Å²) in [5, 5.41) is 9.19. The Bertz CT molecular complexity index is 66.8. The van der Waals surface area contributed by atoms with Crippen molar-refractivity contribution in [3.63, 3.8) is 0 Å². The minimum atomic E-state index is -0.534. The van der Waals surface area contributed by atoms with Crippen LogP contribution in [-0.4, -0.2) is 29.0 Å². The predicted octanol–water partition coefficient (Wildman–Crippen LogP) is 0.457. The van der Waals surface area contributed by atoms with Crippen molar-refractivity contribution in [1.29, 1.82) is 0 Å². The van der Waals surface area contributed by atoms with Crippen LogP contribution in [0.25, 0.3) is 0 Å². The molecule has 0 aromatic carbocycles. The van der Waals surface area contributed by atoms with E-state index in [1.807, 2.05) is 6.92 Å². The molecule has 0 amide bonds. The normalized spacial score (nSPS) is 39.8. The Morgan fingerprint density at radius 2 is 2.50 bits per heavy atom. The molecule has 48 valence electrons. The molecule has 0 aliphatic carbocycles. The second-order valence-corrected chi connectivity index (χ2v) is 3.32. The molecular weight excluding hydrogens is 124 g/mol. The molecule has 1 N–H and O–H groups in total. The van der Waals surface area contributed by atoms with Gasteiger partial charge in [-0.1, -0.05) is 0 Å². The smallest absolute Gasteiger partial charge is 0.166 e. The molecule has 2 unspecified atom stereocenters. The van der Waals surface area contributed by atoms with E-state index in [9.17, 15) is 0 Å². The van der Waals surface area contributed by atoms with Gasteiger partial charge in [0.2, 0.25) is 0 Å². The average Bonchev–Trinajstić information content (AvgIpc) is 1.77. The maximum Gasteiger partial charge on any atom is 0.166 e. The van der Waals surface area contributed by atoms with Gasteiger partial charge in [-0.3, -0.25) is 0 Å². The van der Waals surface area contributed by atoms with Crippen molar-refractivity contribution in [2.24, 2.45) is 0 Å². The zero-order chi connectivity index (χ0) is 5.98. The number of ether oxygens (including phenoxy) is 1. The van der Waals surface area contributed by atoms with Crippen molar-refractivity contribution in [1.82, 2.24) is 0 Å². The lowest BCUT2D eigenvalue weighted by molar-refractivity contribution is -0.0952. The highest BCUT2D eigenvalue weighted by molar-refractivity contribution is 7.99. The fourth-order valence-electron chi connectivity index (χ4n) is 0.621. The van der Waals surface area contributed by atoms with Gasteiger partial charge < -0.3 is 9.84 Å². The molecule has 8 heavy (non-hydrogen) atoms. The van der Waals surface area contributed by atoms with Crippen LogP contribution in [-0.2, 0) is 4.74 Å². The molecule has 0 aromatic heterocycles. The van der Waals surface area contributed by atoms with E-state index in [1.54, 1.807) is 11.8 Å². The van der Waals surface area contributed by atoms with Crippen molar-refractivity contribution in [2.75, 3.05) is 12.4 Å². The first-order chi connectivity index (χ1) is 3.80. The van der Waals surface area contributed by atoms with Crippen LogP contribution in [0.1, 0.15) is 6.92 Å². The molecule has 1 saturated heterocycles. The second kappa shape index (κ2) is 2.71. The van der Waals surface area contributed by atoms with Crippen LogP contribution in [0.15, 0.2) is 0 Å². The zero-order valence-electron chi connectivity index (χ0n) is 4.83. The summed E-state index contributed by atoms with van der Waals surface area (Å²) in [6.07, 6.45) is -0.534. The van der Waals surface area contributed by atoms with Gasteiger partial charge in [0.1, 0.15) is 0 Å². The van der Waals surface area contributed by atoms with Crippen LogP contribution in [0.2, 0.25) is 0 Å². The number of hydrogen-bond donors (Lipinski definition) is 1. The van der Waals surface area contributed by atoms with Crippen molar-refractivity contribution in [3.05, 3.63) is 0 Å². The first-order valence-electron chi connectivity index (χ1n) is 2.72. The molecule has 0 aromatic rings. The Morgan fingerprint density at radius 3 is 2.88 bits per heavy atom. The van der Waals surface area contributed by atoms with Crippen LogP contribution in [0.5, 0.6) is 0 Å². The Hall–Kier alpha value is 0.270. The number of hydrogen-bond acceptors (Lipinski definition) is 3. The molecule has 0 radical (unpaired) electrons. The molecule has 0 spiro atoms. The molecule has 2 nitrogen and oxygen atoms in total. The van der Waals surface area contributed by atoms with E-state index in [1.165, 1.54) is 0 Å². The van der Waals surface area contributed by atoms with E-state index in [4.69, 9.17) is 9.84 Å². The maximum absolute atomic E-state index is 8.93. The quantitative estimate of drug-likeness (QED) is 0.522. The number of aliphatic hydroxyl groups is 1. The lowest BCUT2D eigenvalue weighted by Gasteiger charge is -2.23. The minimum absolute atomic E-state index is 0.253. The zero-order valence-corrected chi connectivity index (χ0v) is 5.65.